The highest BCUT2D eigenvalue weighted by Crippen LogP contribution is 2.13. The van der Waals surface area contributed by atoms with Crippen molar-refractivity contribution in [2.75, 3.05) is 10.6 Å². The van der Waals surface area contributed by atoms with Gasteiger partial charge in [0.2, 0.25) is 0 Å². The molecule has 3 rings (SSSR count). The third-order valence-electron chi connectivity index (χ3n) is 4.12. The molecule has 9 nitrogen and oxygen atoms in total. The van der Waals surface area contributed by atoms with E-state index in [1.165, 1.54) is 12.1 Å². The lowest BCUT2D eigenvalue weighted by atomic mass is 10.2. The molecule has 32 heavy (non-hydrogen) atoms. The fourth-order valence-electron chi connectivity index (χ4n) is 2.54. The van der Waals surface area contributed by atoms with Gasteiger partial charge >= 0.3 is 0 Å². The van der Waals surface area contributed by atoms with E-state index in [-0.39, 0.29) is 47.9 Å². The maximum absolute atomic E-state index is 12.5. The topological polar surface area (TPSA) is 171 Å². The van der Waals surface area contributed by atoms with Gasteiger partial charge in [-0.25, -0.2) is 4.98 Å². The molecule has 0 spiro atoms. The number of carbonyl (C=O) groups is 2. The van der Waals surface area contributed by atoms with Crippen molar-refractivity contribution in [2.45, 2.75) is 0 Å². The van der Waals surface area contributed by atoms with Crippen molar-refractivity contribution in [3.63, 3.8) is 0 Å². The van der Waals surface area contributed by atoms with Crippen LogP contribution in [0.2, 0.25) is 0 Å². The van der Waals surface area contributed by atoms with E-state index < -0.39 is 11.8 Å². The molecule has 166 valence electrons. The summed E-state index contributed by atoms with van der Waals surface area (Å²) in [5.41, 5.74) is 13.1. The Hall–Kier alpha value is -3.95. The van der Waals surface area contributed by atoms with Crippen molar-refractivity contribution in [3.05, 3.63) is 89.2 Å². The number of hydrogen-bond donors (Lipinski definition) is 6. The van der Waals surface area contributed by atoms with E-state index in [4.69, 9.17) is 22.3 Å². The van der Waals surface area contributed by atoms with E-state index in [2.05, 4.69) is 15.6 Å². The van der Waals surface area contributed by atoms with Crippen LogP contribution in [0.25, 0.3) is 0 Å². The van der Waals surface area contributed by atoms with Gasteiger partial charge in [-0.15, -0.1) is 0 Å². The number of anilines is 2. The van der Waals surface area contributed by atoms with Crippen LogP contribution in [0.15, 0.2) is 66.7 Å². The highest BCUT2D eigenvalue weighted by molar-refractivity contribution is 6.06. The number of amides is 2. The number of amidine groups is 2. The van der Waals surface area contributed by atoms with Crippen molar-refractivity contribution in [3.8, 4) is 0 Å². The molecule has 11 heteroatoms. The van der Waals surface area contributed by atoms with Crippen LogP contribution in [0.4, 0.5) is 11.4 Å². The molecule has 0 aliphatic heterocycles. The van der Waals surface area contributed by atoms with Crippen LogP contribution in [0.3, 0.4) is 0 Å². The van der Waals surface area contributed by atoms with Crippen LogP contribution in [0.5, 0.6) is 0 Å². The zero-order chi connectivity index (χ0) is 21.7. The summed E-state index contributed by atoms with van der Waals surface area (Å²) in [5, 5.41) is 20.1. The minimum atomic E-state index is -0.481. The zero-order valence-corrected chi connectivity index (χ0v) is 18.0. The molecule has 1 aromatic heterocycles. The van der Waals surface area contributed by atoms with E-state index in [0.29, 0.717) is 22.5 Å². The first kappa shape index (κ1) is 26.1. The zero-order valence-electron chi connectivity index (χ0n) is 16.5. The fraction of sp³-hybridized carbons (Fsp3) is 0. The lowest BCUT2D eigenvalue weighted by Gasteiger charge is -2.08. The van der Waals surface area contributed by atoms with Gasteiger partial charge in [-0.2, -0.15) is 0 Å². The lowest BCUT2D eigenvalue weighted by molar-refractivity contribution is -0.001000. The maximum Gasteiger partial charge on any atom is 0.274 e. The molecule has 0 aliphatic carbocycles. The molecule has 0 atom stereocenters. The Bertz CT molecular complexity index is 1050. The number of rotatable bonds is 6. The lowest BCUT2D eigenvalue weighted by Crippen LogP contribution is -3.00. The fourth-order valence-corrected chi connectivity index (χ4v) is 2.54. The Labute approximate surface area is 196 Å². The van der Waals surface area contributed by atoms with Gasteiger partial charge in [0.1, 0.15) is 23.1 Å². The first-order valence-electron chi connectivity index (χ1n) is 8.82. The van der Waals surface area contributed by atoms with Crippen LogP contribution >= 0.6 is 0 Å². The molecule has 0 aliphatic rings. The van der Waals surface area contributed by atoms with Gasteiger partial charge in [0.05, 0.1) is 0 Å². The minimum absolute atomic E-state index is 0. The second kappa shape index (κ2) is 11.4. The molecule has 3 aromatic rings. The van der Waals surface area contributed by atoms with Crippen molar-refractivity contribution in [1.29, 1.82) is 10.8 Å². The van der Waals surface area contributed by atoms with Crippen molar-refractivity contribution in [2.24, 2.45) is 11.5 Å². The first-order valence-corrected chi connectivity index (χ1v) is 8.82. The summed E-state index contributed by atoms with van der Waals surface area (Å²) in [6, 6.07) is 17.5. The van der Waals surface area contributed by atoms with Gasteiger partial charge in [0, 0.05) is 22.5 Å². The molecule has 0 saturated carbocycles. The van der Waals surface area contributed by atoms with Crippen molar-refractivity contribution >= 4 is 34.9 Å². The van der Waals surface area contributed by atoms with Crippen LogP contribution in [0, 0.1) is 10.8 Å². The van der Waals surface area contributed by atoms with E-state index in [1.54, 1.807) is 54.6 Å². The Kier molecular flexibility index (Phi) is 9.33. The second-order valence-electron chi connectivity index (χ2n) is 6.30. The summed E-state index contributed by atoms with van der Waals surface area (Å²) in [4.78, 5) is 29.1. The molecule has 0 fully saturated rings. The number of carbonyl (C=O) groups excluding carboxylic acids is 2. The highest BCUT2D eigenvalue weighted by Gasteiger charge is 2.13. The van der Waals surface area contributed by atoms with Crippen molar-refractivity contribution in [1.82, 2.24) is 4.98 Å². The molecular weight excluding hydrogens is 453 g/mol. The van der Waals surface area contributed by atoms with Crippen LogP contribution in [0.1, 0.15) is 32.1 Å². The summed E-state index contributed by atoms with van der Waals surface area (Å²) >= 11 is 0. The monoisotopic (exact) mass is 471 g/mol. The smallest absolute Gasteiger partial charge is 0.274 e. The Balaban J connectivity index is 0.00000256. The van der Waals surface area contributed by atoms with Crippen LogP contribution in [-0.4, -0.2) is 28.5 Å². The molecule has 2 amide bonds. The first-order chi connectivity index (χ1) is 14.3. The van der Waals surface area contributed by atoms with Gasteiger partial charge < -0.3 is 46.9 Å². The van der Waals surface area contributed by atoms with E-state index in [1.807, 2.05) is 0 Å². The molecule has 0 bridgehead atoms. The SMILES string of the molecule is N=C(N)c1ccc(NC(=O)c2cccc(C(=O)Nc3ccc(C(=N)N)cc3)n2)cc1.[Cl-].[Cl-]. The van der Waals surface area contributed by atoms with Crippen LogP contribution in [-0.2, 0) is 0 Å². The third kappa shape index (κ3) is 6.53. The van der Waals surface area contributed by atoms with E-state index in [0.717, 1.165) is 0 Å². The average molecular weight is 472 g/mol. The van der Waals surface area contributed by atoms with Gasteiger partial charge in [0.25, 0.3) is 11.8 Å². The number of nitrogens with zero attached hydrogens (tertiary/aromatic N) is 1. The molecule has 1 heterocycles. The third-order valence-corrected chi connectivity index (χ3v) is 4.12. The Morgan fingerprint density at radius 2 is 1.00 bits per heavy atom. The number of aromatic nitrogens is 1. The largest absolute Gasteiger partial charge is 1.00 e. The number of nitrogens with one attached hydrogen (secondary N) is 4. The number of hydrogen-bond acceptors (Lipinski definition) is 5. The molecule has 2 aromatic carbocycles. The van der Waals surface area contributed by atoms with Gasteiger partial charge in [-0.05, 0) is 60.7 Å². The maximum atomic E-state index is 12.5. The predicted molar refractivity (Wildman–Crippen MR) is 115 cm³/mol. The number of pyridine rings is 1. The molecular formula is C21H19Cl2N7O2-2. The predicted octanol–water partition coefficient (Wildman–Crippen LogP) is -3.84. The second-order valence-corrected chi connectivity index (χ2v) is 6.30. The molecule has 8 N–H and O–H groups in total. The summed E-state index contributed by atoms with van der Waals surface area (Å²) in [5.74, 6) is -1.09. The number of halogens is 2. The summed E-state index contributed by atoms with van der Waals surface area (Å²) in [6.07, 6.45) is 0. The normalized spacial score (nSPS) is 9.50. The quantitative estimate of drug-likeness (QED) is 0.159. The Morgan fingerprint density at radius 1 is 0.656 bits per heavy atom. The summed E-state index contributed by atoms with van der Waals surface area (Å²) < 4.78 is 0. The number of benzene rings is 2. The van der Waals surface area contributed by atoms with Gasteiger partial charge in [0.15, 0.2) is 0 Å². The van der Waals surface area contributed by atoms with E-state index in [9.17, 15) is 9.59 Å². The summed E-state index contributed by atoms with van der Waals surface area (Å²) in [7, 11) is 0. The minimum Gasteiger partial charge on any atom is -1.00 e. The summed E-state index contributed by atoms with van der Waals surface area (Å²) in [6.45, 7) is 0. The highest BCUT2D eigenvalue weighted by atomic mass is 35.5. The standard InChI is InChI=1S/C21H19N7O2.2ClH/c22-18(23)12-4-8-14(9-5-12)26-20(29)16-2-1-3-17(28-16)21(30)27-15-10-6-13(7-11-15)19(24)25;;/h1-11H,(H3,22,23)(H3,24,25)(H,26,29)(H,27,30);2*1H/p-2. The van der Waals surface area contributed by atoms with Gasteiger partial charge in [-0.3, -0.25) is 20.4 Å². The molecule has 0 saturated heterocycles. The number of nitrogen functional groups attached to an aromatic ring is 2. The Morgan fingerprint density at radius 3 is 1.31 bits per heavy atom. The number of nitrogens with two attached hydrogens (primary N) is 2. The van der Waals surface area contributed by atoms with Gasteiger partial charge in [-0.1, -0.05) is 6.07 Å². The molecule has 0 unspecified atom stereocenters. The average Bonchev–Trinajstić information content (AvgIpc) is 2.74. The van der Waals surface area contributed by atoms with Crippen LogP contribution < -0.4 is 46.9 Å². The van der Waals surface area contributed by atoms with E-state index >= 15 is 0 Å². The van der Waals surface area contributed by atoms with Crippen molar-refractivity contribution < 1.29 is 34.4 Å². The molecule has 0 radical (unpaired) electrons.